The molecule has 1 aliphatic heterocycles. The zero-order chi connectivity index (χ0) is 14.7. The third kappa shape index (κ3) is 4.04. The average Bonchev–Trinajstić information content (AvgIpc) is 2.98. The van der Waals surface area contributed by atoms with Crippen molar-refractivity contribution < 1.29 is 0 Å². The molecule has 0 amide bonds. The van der Waals surface area contributed by atoms with E-state index in [9.17, 15) is 0 Å². The lowest BCUT2D eigenvalue weighted by atomic mass is 10.0. The standard InChI is InChI=1S/C16H22N4S.ClH/c1-12(2)15-10-19-16(21-15)11-20-8-7-18-9-14(20)13-3-5-17-6-4-13;/h3-6,10,12,14,18H,7-9,11H2,1-2H3;1H. The van der Waals surface area contributed by atoms with E-state index in [1.807, 2.05) is 29.9 Å². The quantitative estimate of drug-likeness (QED) is 0.929. The molecule has 4 nitrogen and oxygen atoms in total. The van der Waals surface area contributed by atoms with Crippen LogP contribution in [-0.4, -0.2) is 34.5 Å². The number of aromatic nitrogens is 2. The van der Waals surface area contributed by atoms with E-state index in [0.717, 1.165) is 26.2 Å². The molecule has 0 bridgehead atoms. The van der Waals surface area contributed by atoms with Crippen LogP contribution in [0.1, 0.15) is 41.3 Å². The van der Waals surface area contributed by atoms with Crippen LogP contribution in [0.5, 0.6) is 0 Å². The van der Waals surface area contributed by atoms with Gasteiger partial charge in [-0.3, -0.25) is 9.88 Å². The van der Waals surface area contributed by atoms with Gasteiger partial charge in [0, 0.05) is 49.1 Å². The Labute approximate surface area is 142 Å². The minimum atomic E-state index is 0. The average molecular weight is 339 g/mol. The van der Waals surface area contributed by atoms with E-state index >= 15 is 0 Å². The Morgan fingerprint density at radius 3 is 2.82 bits per heavy atom. The molecule has 3 rings (SSSR count). The Morgan fingerprint density at radius 1 is 1.36 bits per heavy atom. The Kier molecular flexibility index (Phi) is 6.32. The minimum Gasteiger partial charge on any atom is -0.314 e. The molecule has 1 atom stereocenters. The lowest BCUT2D eigenvalue weighted by molar-refractivity contribution is 0.153. The molecule has 22 heavy (non-hydrogen) atoms. The number of nitrogens with one attached hydrogen (secondary N) is 1. The van der Waals surface area contributed by atoms with Crippen LogP contribution < -0.4 is 5.32 Å². The molecule has 1 aliphatic rings. The van der Waals surface area contributed by atoms with E-state index in [2.05, 4.69) is 46.2 Å². The van der Waals surface area contributed by atoms with Gasteiger partial charge < -0.3 is 5.32 Å². The maximum absolute atomic E-state index is 4.60. The van der Waals surface area contributed by atoms with Gasteiger partial charge in [0.15, 0.2) is 0 Å². The van der Waals surface area contributed by atoms with Gasteiger partial charge in [0.25, 0.3) is 0 Å². The summed E-state index contributed by atoms with van der Waals surface area (Å²) in [5, 5.41) is 4.72. The van der Waals surface area contributed by atoms with Gasteiger partial charge in [-0.05, 0) is 23.6 Å². The molecule has 2 aromatic rings. The van der Waals surface area contributed by atoms with E-state index < -0.39 is 0 Å². The normalized spacial score (nSPS) is 19.1. The molecule has 6 heteroatoms. The summed E-state index contributed by atoms with van der Waals surface area (Å²) in [5.41, 5.74) is 1.33. The summed E-state index contributed by atoms with van der Waals surface area (Å²) < 4.78 is 0. The van der Waals surface area contributed by atoms with E-state index in [4.69, 9.17) is 0 Å². The number of hydrogen-bond acceptors (Lipinski definition) is 5. The largest absolute Gasteiger partial charge is 0.314 e. The molecule has 1 fully saturated rings. The molecule has 1 unspecified atom stereocenters. The van der Waals surface area contributed by atoms with E-state index in [0.29, 0.717) is 12.0 Å². The van der Waals surface area contributed by atoms with Gasteiger partial charge in [0.05, 0.1) is 6.54 Å². The Morgan fingerprint density at radius 2 is 2.14 bits per heavy atom. The number of nitrogens with zero attached hydrogens (tertiary/aromatic N) is 3. The molecule has 0 aliphatic carbocycles. The predicted octanol–water partition coefficient (Wildman–Crippen LogP) is 3.23. The van der Waals surface area contributed by atoms with Crippen molar-refractivity contribution >= 4 is 23.7 Å². The summed E-state index contributed by atoms with van der Waals surface area (Å²) in [7, 11) is 0. The van der Waals surface area contributed by atoms with Gasteiger partial charge in [0.2, 0.25) is 0 Å². The smallest absolute Gasteiger partial charge is 0.107 e. The third-order valence-corrected chi connectivity index (χ3v) is 5.21. The highest BCUT2D eigenvalue weighted by atomic mass is 35.5. The summed E-state index contributed by atoms with van der Waals surface area (Å²) in [6.45, 7) is 8.48. The van der Waals surface area contributed by atoms with Crippen LogP contribution in [0, 0.1) is 0 Å². The Hall–Kier alpha value is -1.01. The Bertz CT molecular complexity index is 573. The fourth-order valence-corrected chi connectivity index (χ4v) is 3.64. The van der Waals surface area contributed by atoms with Crippen LogP contribution in [0.2, 0.25) is 0 Å². The maximum atomic E-state index is 4.60. The van der Waals surface area contributed by atoms with Crippen molar-refractivity contribution in [2.24, 2.45) is 0 Å². The van der Waals surface area contributed by atoms with Crippen molar-refractivity contribution in [3.63, 3.8) is 0 Å². The summed E-state index contributed by atoms with van der Waals surface area (Å²) >= 11 is 1.85. The van der Waals surface area contributed by atoms with Crippen LogP contribution in [-0.2, 0) is 6.54 Å². The molecule has 0 spiro atoms. The second-order valence-electron chi connectivity index (χ2n) is 5.78. The maximum Gasteiger partial charge on any atom is 0.107 e. The minimum absolute atomic E-state index is 0. The van der Waals surface area contributed by atoms with Crippen LogP contribution >= 0.6 is 23.7 Å². The molecule has 0 aromatic carbocycles. The van der Waals surface area contributed by atoms with Crippen molar-refractivity contribution in [3.05, 3.63) is 46.2 Å². The third-order valence-electron chi connectivity index (χ3n) is 3.92. The lowest BCUT2D eigenvalue weighted by Gasteiger charge is -2.35. The molecule has 3 heterocycles. The molecule has 0 radical (unpaired) electrons. The first-order valence-electron chi connectivity index (χ1n) is 7.53. The number of pyridine rings is 1. The fourth-order valence-electron chi connectivity index (χ4n) is 2.69. The first-order valence-corrected chi connectivity index (χ1v) is 8.35. The van der Waals surface area contributed by atoms with Gasteiger partial charge in [-0.2, -0.15) is 0 Å². The number of rotatable bonds is 4. The molecule has 0 saturated carbocycles. The predicted molar refractivity (Wildman–Crippen MR) is 93.7 cm³/mol. The van der Waals surface area contributed by atoms with Crippen molar-refractivity contribution in [1.82, 2.24) is 20.2 Å². The molecular formula is C16H23ClN4S. The number of hydrogen-bond donors (Lipinski definition) is 1. The summed E-state index contributed by atoms with van der Waals surface area (Å²) in [4.78, 5) is 12.6. The van der Waals surface area contributed by atoms with Gasteiger partial charge >= 0.3 is 0 Å². The highest BCUT2D eigenvalue weighted by Crippen LogP contribution is 2.27. The zero-order valence-corrected chi connectivity index (χ0v) is 14.7. The molecule has 2 aromatic heterocycles. The van der Waals surface area contributed by atoms with Gasteiger partial charge in [-0.15, -0.1) is 23.7 Å². The fraction of sp³-hybridized carbons (Fsp3) is 0.500. The Balaban J connectivity index is 0.00000176. The van der Waals surface area contributed by atoms with Crippen molar-refractivity contribution in [3.8, 4) is 0 Å². The monoisotopic (exact) mass is 338 g/mol. The SMILES string of the molecule is CC(C)c1cnc(CN2CCNCC2c2ccncc2)s1.Cl. The van der Waals surface area contributed by atoms with E-state index in [1.54, 1.807) is 0 Å². The summed E-state index contributed by atoms with van der Waals surface area (Å²) in [5.74, 6) is 0.565. The molecule has 120 valence electrons. The first-order chi connectivity index (χ1) is 10.2. The van der Waals surface area contributed by atoms with Crippen molar-refractivity contribution in [2.75, 3.05) is 19.6 Å². The van der Waals surface area contributed by atoms with Crippen LogP contribution in [0.4, 0.5) is 0 Å². The second kappa shape index (κ2) is 8.02. The van der Waals surface area contributed by atoms with Crippen LogP contribution in [0.25, 0.3) is 0 Å². The zero-order valence-electron chi connectivity index (χ0n) is 13.0. The highest BCUT2D eigenvalue weighted by Gasteiger charge is 2.24. The molecular weight excluding hydrogens is 316 g/mol. The van der Waals surface area contributed by atoms with Gasteiger partial charge in [-0.25, -0.2) is 4.98 Å². The van der Waals surface area contributed by atoms with Crippen molar-refractivity contribution in [1.29, 1.82) is 0 Å². The van der Waals surface area contributed by atoms with E-state index in [1.165, 1.54) is 15.4 Å². The van der Waals surface area contributed by atoms with Crippen LogP contribution in [0.3, 0.4) is 0 Å². The van der Waals surface area contributed by atoms with Crippen LogP contribution in [0.15, 0.2) is 30.7 Å². The molecule has 1 saturated heterocycles. The van der Waals surface area contributed by atoms with Gasteiger partial charge in [-0.1, -0.05) is 13.8 Å². The lowest BCUT2D eigenvalue weighted by Crippen LogP contribution is -2.45. The summed E-state index contributed by atoms with van der Waals surface area (Å²) in [6.07, 6.45) is 5.79. The number of halogens is 1. The van der Waals surface area contributed by atoms with E-state index in [-0.39, 0.29) is 12.4 Å². The highest BCUT2D eigenvalue weighted by molar-refractivity contribution is 7.11. The van der Waals surface area contributed by atoms with Gasteiger partial charge in [0.1, 0.15) is 5.01 Å². The second-order valence-corrected chi connectivity index (χ2v) is 6.93. The topological polar surface area (TPSA) is 41.1 Å². The number of thiazole rings is 1. The van der Waals surface area contributed by atoms with Crippen molar-refractivity contribution in [2.45, 2.75) is 32.4 Å². The first kappa shape index (κ1) is 17.3. The molecule has 1 N–H and O–H groups in total. The summed E-state index contributed by atoms with van der Waals surface area (Å²) in [6, 6.07) is 4.64. The number of piperazine rings is 1.